The lowest BCUT2D eigenvalue weighted by molar-refractivity contribution is 0.0910. The molecule has 0 bridgehead atoms. The van der Waals surface area contributed by atoms with Crippen molar-refractivity contribution in [1.29, 1.82) is 0 Å². The Hall–Kier alpha value is -2.36. The van der Waals surface area contributed by atoms with Crippen molar-refractivity contribution in [2.45, 2.75) is 34.1 Å². The number of aromatic nitrogens is 2. The lowest BCUT2D eigenvalue weighted by Gasteiger charge is -2.10. The first-order valence-electron chi connectivity index (χ1n) is 7.44. The van der Waals surface area contributed by atoms with Crippen LogP contribution in [0.1, 0.15) is 32.9 Å². The number of anilines is 1. The van der Waals surface area contributed by atoms with Crippen LogP contribution in [0.25, 0.3) is 0 Å². The Kier molecular flexibility index (Phi) is 4.81. The molecule has 0 saturated heterocycles. The minimum atomic E-state index is -0.0594. The van der Waals surface area contributed by atoms with Crippen LogP contribution in [-0.4, -0.2) is 22.2 Å². The lowest BCUT2D eigenvalue weighted by Crippen LogP contribution is -2.23. The van der Waals surface area contributed by atoms with E-state index in [1.807, 2.05) is 39.0 Å². The van der Waals surface area contributed by atoms with E-state index in [1.165, 1.54) is 10.2 Å². The van der Waals surface area contributed by atoms with Gasteiger partial charge in [0.25, 0.3) is 5.91 Å². The molecule has 116 valence electrons. The van der Waals surface area contributed by atoms with Crippen LogP contribution in [0.5, 0.6) is 0 Å². The summed E-state index contributed by atoms with van der Waals surface area (Å²) >= 11 is 0. The van der Waals surface area contributed by atoms with Crippen LogP contribution in [0.4, 0.5) is 5.69 Å². The van der Waals surface area contributed by atoms with E-state index in [9.17, 15) is 4.79 Å². The zero-order chi connectivity index (χ0) is 16.3. The third-order valence-electron chi connectivity index (χ3n) is 3.84. The smallest absolute Gasteiger partial charge is 0.266 e. The van der Waals surface area contributed by atoms with Gasteiger partial charge in [0, 0.05) is 16.9 Å². The van der Waals surface area contributed by atoms with Crippen LogP contribution in [-0.2, 0) is 6.42 Å². The van der Waals surface area contributed by atoms with Crippen LogP contribution in [0, 0.1) is 27.7 Å². The number of hydrogen-bond donors (Lipinski definition) is 1. The Morgan fingerprint density at radius 2 is 2.05 bits per heavy atom. The van der Waals surface area contributed by atoms with Gasteiger partial charge in [0.05, 0.1) is 12.2 Å². The molecule has 0 aliphatic rings. The summed E-state index contributed by atoms with van der Waals surface area (Å²) in [6, 6.07) is 6.13. The second-order valence-corrected chi connectivity index (χ2v) is 5.62. The molecular weight excluding hydrogens is 274 g/mol. The summed E-state index contributed by atoms with van der Waals surface area (Å²) in [6.45, 7) is 11.9. The van der Waals surface area contributed by atoms with E-state index in [4.69, 9.17) is 0 Å². The lowest BCUT2D eigenvalue weighted by atomic mass is 10.1. The molecule has 0 atom stereocenters. The Labute approximate surface area is 131 Å². The standard InChI is InChI=1S/C18H23N3O/c1-6-7-16-14(4)20-21(15(16)5)18(22)11-19-17-9-8-12(2)10-13(17)3/h6,8-10,19H,1,7,11H2,2-5H3. The quantitative estimate of drug-likeness (QED) is 0.858. The van der Waals surface area contributed by atoms with Gasteiger partial charge in [-0.1, -0.05) is 23.8 Å². The van der Waals surface area contributed by atoms with E-state index < -0.39 is 0 Å². The maximum absolute atomic E-state index is 12.4. The SMILES string of the molecule is C=CCc1c(C)nn(C(=O)CNc2ccc(C)cc2C)c1C. The van der Waals surface area contributed by atoms with Crippen LogP contribution in [0.15, 0.2) is 30.9 Å². The second kappa shape index (κ2) is 6.60. The average Bonchev–Trinajstić information content (AvgIpc) is 2.74. The highest BCUT2D eigenvalue weighted by molar-refractivity contribution is 5.83. The summed E-state index contributed by atoms with van der Waals surface area (Å²) in [6.07, 6.45) is 2.56. The maximum atomic E-state index is 12.4. The number of allylic oxidation sites excluding steroid dienone is 1. The highest BCUT2D eigenvalue weighted by Crippen LogP contribution is 2.17. The Bertz CT molecular complexity index is 713. The molecule has 1 N–H and O–H groups in total. The highest BCUT2D eigenvalue weighted by Gasteiger charge is 2.15. The van der Waals surface area contributed by atoms with E-state index >= 15 is 0 Å². The van der Waals surface area contributed by atoms with Crippen molar-refractivity contribution in [1.82, 2.24) is 9.78 Å². The molecule has 0 radical (unpaired) electrons. The average molecular weight is 297 g/mol. The fourth-order valence-electron chi connectivity index (χ4n) is 2.62. The van der Waals surface area contributed by atoms with E-state index in [0.29, 0.717) is 0 Å². The van der Waals surface area contributed by atoms with Crippen molar-refractivity contribution < 1.29 is 4.79 Å². The Morgan fingerprint density at radius 1 is 1.32 bits per heavy atom. The summed E-state index contributed by atoms with van der Waals surface area (Å²) in [5, 5.41) is 7.55. The molecule has 0 saturated carbocycles. The maximum Gasteiger partial charge on any atom is 0.266 e. The summed E-state index contributed by atoms with van der Waals surface area (Å²) in [5.41, 5.74) is 6.18. The van der Waals surface area contributed by atoms with E-state index in [-0.39, 0.29) is 12.5 Å². The number of nitrogens with zero attached hydrogens (tertiary/aromatic N) is 2. The fourth-order valence-corrected chi connectivity index (χ4v) is 2.62. The third kappa shape index (κ3) is 3.27. The van der Waals surface area contributed by atoms with Gasteiger partial charge in [-0.05, 0) is 45.7 Å². The Balaban J connectivity index is 2.13. The van der Waals surface area contributed by atoms with Gasteiger partial charge in [0.2, 0.25) is 0 Å². The molecule has 0 spiro atoms. The van der Waals surface area contributed by atoms with E-state index in [1.54, 1.807) is 0 Å². The van der Waals surface area contributed by atoms with Gasteiger partial charge < -0.3 is 5.32 Å². The van der Waals surface area contributed by atoms with Gasteiger partial charge in [-0.3, -0.25) is 4.79 Å². The number of benzene rings is 1. The normalized spacial score (nSPS) is 10.5. The first-order chi connectivity index (χ1) is 10.4. The third-order valence-corrected chi connectivity index (χ3v) is 3.84. The van der Waals surface area contributed by atoms with Crippen LogP contribution in [0.2, 0.25) is 0 Å². The van der Waals surface area contributed by atoms with E-state index in [0.717, 1.165) is 34.6 Å². The minimum absolute atomic E-state index is 0.0594. The topological polar surface area (TPSA) is 46.9 Å². The molecule has 1 heterocycles. The Morgan fingerprint density at radius 3 is 2.68 bits per heavy atom. The summed E-state index contributed by atoms with van der Waals surface area (Å²) in [7, 11) is 0. The molecule has 0 amide bonds. The molecule has 0 unspecified atom stereocenters. The minimum Gasteiger partial charge on any atom is -0.376 e. The van der Waals surface area contributed by atoms with Gasteiger partial charge in [0.1, 0.15) is 0 Å². The molecule has 0 fully saturated rings. The van der Waals surface area contributed by atoms with Crippen molar-refractivity contribution in [3.05, 3.63) is 58.9 Å². The van der Waals surface area contributed by atoms with Gasteiger partial charge in [-0.25, -0.2) is 4.68 Å². The summed E-state index contributed by atoms with van der Waals surface area (Å²) in [4.78, 5) is 12.4. The number of hydrogen-bond acceptors (Lipinski definition) is 3. The molecule has 2 aromatic rings. The van der Waals surface area contributed by atoms with Gasteiger partial charge in [0.15, 0.2) is 0 Å². The fraction of sp³-hybridized carbons (Fsp3) is 0.333. The summed E-state index contributed by atoms with van der Waals surface area (Å²) < 4.78 is 1.49. The number of carbonyl (C=O) groups is 1. The largest absolute Gasteiger partial charge is 0.376 e. The molecule has 22 heavy (non-hydrogen) atoms. The zero-order valence-corrected chi connectivity index (χ0v) is 13.7. The number of carbonyl (C=O) groups excluding carboxylic acids is 1. The molecule has 0 aliphatic carbocycles. The first kappa shape index (κ1) is 16.0. The molecular formula is C18H23N3O. The highest BCUT2D eigenvalue weighted by atomic mass is 16.2. The van der Waals surface area contributed by atoms with Crippen LogP contribution >= 0.6 is 0 Å². The molecule has 1 aromatic carbocycles. The predicted molar refractivity (Wildman–Crippen MR) is 90.6 cm³/mol. The molecule has 1 aromatic heterocycles. The first-order valence-corrected chi connectivity index (χ1v) is 7.44. The number of aryl methyl sites for hydroxylation is 3. The molecule has 0 aliphatic heterocycles. The van der Waals surface area contributed by atoms with Gasteiger partial charge in [-0.2, -0.15) is 5.10 Å². The summed E-state index contributed by atoms with van der Waals surface area (Å²) in [5.74, 6) is -0.0594. The molecule has 4 heteroatoms. The number of nitrogens with one attached hydrogen (secondary N) is 1. The molecule has 4 nitrogen and oxygen atoms in total. The van der Waals surface area contributed by atoms with Crippen molar-refractivity contribution in [3.63, 3.8) is 0 Å². The number of rotatable bonds is 5. The van der Waals surface area contributed by atoms with Crippen LogP contribution in [0.3, 0.4) is 0 Å². The van der Waals surface area contributed by atoms with Crippen molar-refractivity contribution in [2.75, 3.05) is 11.9 Å². The molecule has 2 rings (SSSR count). The monoisotopic (exact) mass is 297 g/mol. The zero-order valence-electron chi connectivity index (χ0n) is 13.7. The van der Waals surface area contributed by atoms with E-state index in [2.05, 4.69) is 30.0 Å². The van der Waals surface area contributed by atoms with Crippen molar-refractivity contribution in [3.8, 4) is 0 Å². The van der Waals surface area contributed by atoms with Crippen molar-refractivity contribution >= 4 is 11.6 Å². The van der Waals surface area contributed by atoms with Crippen molar-refractivity contribution in [2.24, 2.45) is 0 Å². The van der Waals surface area contributed by atoms with Gasteiger partial charge >= 0.3 is 0 Å². The van der Waals surface area contributed by atoms with Crippen LogP contribution < -0.4 is 5.32 Å². The predicted octanol–water partition coefficient (Wildman–Crippen LogP) is 3.60. The van der Waals surface area contributed by atoms with Gasteiger partial charge in [-0.15, -0.1) is 6.58 Å². The second-order valence-electron chi connectivity index (χ2n) is 5.62.